The molecule has 0 aliphatic heterocycles. The number of benzene rings is 1. The highest BCUT2D eigenvalue weighted by atomic mass is 32.1. The molecule has 1 aromatic carbocycles. The Kier molecular flexibility index (Phi) is 5.78. The smallest absolute Gasteiger partial charge is 0.334 e. The summed E-state index contributed by atoms with van der Waals surface area (Å²) in [5.74, 6) is 0.405. The number of ether oxygens (including phenoxy) is 3. The Morgan fingerprint density at radius 1 is 1.24 bits per heavy atom. The first-order chi connectivity index (χ1) is 10.2. The number of hydrogen-bond acceptors (Lipinski definition) is 5. The number of carbonyl (C=O) groups is 1. The van der Waals surface area contributed by atoms with Gasteiger partial charge in [-0.3, -0.25) is 0 Å². The zero-order valence-corrected chi connectivity index (χ0v) is 12.9. The van der Waals surface area contributed by atoms with Crippen molar-refractivity contribution in [2.45, 2.75) is 13.0 Å². The summed E-state index contributed by atoms with van der Waals surface area (Å²) in [5, 5.41) is 4.14. The van der Waals surface area contributed by atoms with Crippen LogP contribution >= 0.6 is 11.3 Å². The van der Waals surface area contributed by atoms with Crippen molar-refractivity contribution in [2.24, 2.45) is 0 Å². The van der Waals surface area contributed by atoms with Crippen molar-refractivity contribution in [1.29, 1.82) is 0 Å². The van der Waals surface area contributed by atoms with Crippen LogP contribution in [0.4, 0.5) is 0 Å². The molecule has 21 heavy (non-hydrogen) atoms. The summed E-state index contributed by atoms with van der Waals surface area (Å²) in [5.41, 5.74) is 2.30. The van der Waals surface area contributed by atoms with Gasteiger partial charge in [0, 0.05) is 0 Å². The molecule has 1 unspecified atom stereocenters. The fourth-order valence-corrected chi connectivity index (χ4v) is 2.48. The Morgan fingerprint density at radius 2 is 2.10 bits per heavy atom. The summed E-state index contributed by atoms with van der Waals surface area (Å²) in [7, 11) is 1.34. The van der Waals surface area contributed by atoms with Crippen molar-refractivity contribution in [3.05, 3.63) is 41.1 Å². The van der Waals surface area contributed by atoms with Crippen molar-refractivity contribution in [1.82, 2.24) is 0 Å². The first-order valence-corrected chi connectivity index (χ1v) is 7.60. The molecular formula is C16H18O4S. The predicted molar refractivity (Wildman–Crippen MR) is 82.7 cm³/mol. The van der Waals surface area contributed by atoms with Crippen molar-refractivity contribution in [2.75, 3.05) is 20.3 Å². The van der Waals surface area contributed by atoms with Gasteiger partial charge in [-0.15, -0.1) is 0 Å². The van der Waals surface area contributed by atoms with Gasteiger partial charge in [-0.05, 0) is 47.0 Å². The summed E-state index contributed by atoms with van der Waals surface area (Å²) < 4.78 is 15.5. The first-order valence-electron chi connectivity index (χ1n) is 6.65. The molecular weight excluding hydrogens is 288 g/mol. The maximum Gasteiger partial charge on any atom is 0.334 e. The average molecular weight is 306 g/mol. The standard InChI is InChI=1S/C16H18O4S/c1-12(16(17)18-2)19-7-8-20-15-5-3-4-13(10-15)14-6-9-21-11-14/h3-6,9-12H,7-8H2,1-2H3. The van der Waals surface area contributed by atoms with Gasteiger partial charge in [-0.25, -0.2) is 4.79 Å². The molecule has 5 heteroatoms. The van der Waals surface area contributed by atoms with Gasteiger partial charge in [0.05, 0.1) is 13.7 Å². The Morgan fingerprint density at radius 3 is 2.81 bits per heavy atom. The van der Waals surface area contributed by atoms with Gasteiger partial charge in [-0.2, -0.15) is 11.3 Å². The second kappa shape index (κ2) is 7.81. The minimum absolute atomic E-state index is 0.332. The van der Waals surface area contributed by atoms with E-state index in [9.17, 15) is 4.79 Å². The van der Waals surface area contributed by atoms with Crippen LogP contribution in [0.2, 0.25) is 0 Å². The van der Waals surface area contributed by atoms with E-state index >= 15 is 0 Å². The monoisotopic (exact) mass is 306 g/mol. The minimum Gasteiger partial charge on any atom is -0.491 e. The fraction of sp³-hybridized carbons (Fsp3) is 0.312. The molecule has 4 nitrogen and oxygen atoms in total. The second-order valence-corrected chi connectivity index (χ2v) is 5.20. The minimum atomic E-state index is -0.573. The number of thiophene rings is 1. The highest BCUT2D eigenvalue weighted by molar-refractivity contribution is 7.08. The average Bonchev–Trinajstić information content (AvgIpc) is 3.05. The van der Waals surface area contributed by atoms with Crippen LogP contribution in [0.1, 0.15) is 6.92 Å². The third kappa shape index (κ3) is 4.58. The van der Waals surface area contributed by atoms with Crippen LogP contribution in [0.3, 0.4) is 0 Å². The molecule has 0 saturated heterocycles. The molecule has 0 fully saturated rings. The van der Waals surface area contributed by atoms with Gasteiger partial charge in [0.15, 0.2) is 6.10 Å². The van der Waals surface area contributed by atoms with E-state index in [-0.39, 0.29) is 5.97 Å². The van der Waals surface area contributed by atoms with Gasteiger partial charge in [0.2, 0.25) is 0 Å². The van der Waals surface area contributed by atoms with Crippen LogP contribution in [0.25, 0.3) is 11.1 Å². The molecule has 0 aliphatic carbocycles. The number of carbonyl (C=O) groups excluding carboxylic acids is 1. The van der Waals surface area contributed by atoms with E-state index in [1.807, 2.05) is 29.6 Å². The Hall–Kier alpha value is -1.85. The number of hydrogen-bond donors (Lipinski definition) is 0. The summed E-state index contributed by atoms with van der Waals surface area (Å²) in [4.78, 5) is 11.2. The van der Waals surface area contributed by atoms with E-state index in [2.05, 4.69) is 16.2 Å². The number of methoxy groups -OCH3 is 1. The van der Waals surface area contributed by atoms with E-state index in [4.69, 9.17) is 9.47 Å². The zero-order valence-electron chi connectivity index (χ0n) is 12.1. The quantitative estimate of drug-likeness (QED) is 0.581. The van der Waals surface area contributed by atoms with Crippen LogP contribution in [-0.2, 0) is 14.3 Å². The Balaban J connectivity index is 1.81. The van der Waals surface area contributed by atoms with Crippen LogP contribution < -0.4 is 4.74 Å². The number of rotatable bonds is 7. The van der Waals surface area contributed by atoms with E-state index in [0.29, 0.717) is 13.2 Å². The van der Waals surface area contributed by atoms with Crippen LogP contribution in [0.15, 0.2) is 41.1 Å². The fourth-order valence-electron chi connectivity index (χ4n) is 1.81. The molecule has 1 aromatic heterocycles. The van der Waals surface area contributed by atoms with Crippen LogP contribution in [0.5, 0.6) is 5.75 Å². The van der Waals surface area contributed by atoms with E-state index < -0.39 is 6.10 Å². The normalized spacial score (nSPS) is 11.9. The molecule has 0 saturated carbocycles. The molecule has 0 amide bonds. The van der Waals surface area contributed by atoms with Crippen molar-refractivity contribution in [3.8, 4) is 16.9 Å². The Labute approximate surface area is 128 Å². The molecule has 0 radical (unpaired) electrons. The largest absolute Gasteiger partial charge is 0.491 e. The Bertz CT molecular complexity index is 565. The van der Waals surface area contributed by atoms with Gasteiger partial charge in [0.1, 0.15) is 12.4 Å². The topological polar surface area (TPSA) is 44.8 Å². The molecule has 1 atom stereocenters. The lowest BCUT2D eigenvalue weighted by Gasteiger charge is -2.11. The maximum absolute atomic E-state index is 11.2. The molecule has 2 aromatic rings. The first kappa shape index (κ1) is 15.5. The third-order valence-corrected chi connectivity index (χ3v) is 3.62. The number of esters is 1. The molecule has 0 aliphatic rings. The van der Waals surface area contributed by atoms with Crippen molar-refractivity contribution in [3.63, 3.8) is 0 Å². The van der Waals surface area contributed by atoms with E-state index in [1.54, 1.807) is 18.3 Å². The van der Waals surface area contributed by atoms with Gasteiger partial charge in [-0.1, -0.05) is 12.1 Å². The SMILES string of the molecule is COC(=O)C(C)OCCOc1cccc(-c2ccsc2)c1. The second-order valence-electron chi connectivity index (χ2n) is 4.42. The van der Waals surface area contributed by atoms with Crippen molar-refractivity contribution >= 4 is 17.3 Å². The van der Waals surface area contributed by atoms with Gasteiger partial charge in [0.25, 0.3) is 0 Å². The van der Waals surface area contributed by atoms with Gasteiger partial charge >= 0.3 is 5.97 Å². The molecule has 0 spiro atoms. The zero-order chi connectivity index (χ0) is 15.1. The van der Waals surface area contributed by atoms with Gasteiger partial charge < -0.3 is 14.2 Å². The predicted octanol–water partition coefficient (Wildman–Crippen LogP) is 3.37. The summed E-state index contributed by atoms with van der Waals surface area (Å²) in [6.45, 7) is 2.37. The molecule has 2 rings (SSSR count). The molecule has 112 valence electrons. The highest BCUT2D eigenvalue weighted by Crippen LogP contribution is 2.25. The molecule has 0 N–H and O–H groups in total. The molecule has 1 heterocycles. The van der Waals surface area contributed by atoms with E-state index in [0.717, 1.165) is 11.3 Å². The van der Waals surface area contributed by atoms with Crippen molar-refractivity contribution < 1.29 is 19.0 Å². The van der Waals surface area contributed by atoms with Crippen LogP contribution in [0, 0.1) is 0 Å². The lowest BCUT2D eigenvalue weighted by molar-refractivity contribution is -0.153. The van der Waals surface area contributed by atoms with E-state index in [1.165, 1.54) is 12.7 Å². The maximum atomic E-state index is 11.2. The third-order valence-electron chi connectivity index (χ3n) is 2.94. The summed E-state index contributed by atoms with van der Waals surface area (Å²) in [6, 6.07) is 9.97. The lowest BCUT2D eigenvalue weighted by Crippen LogP contribution is -2.24. The van der Waals surface area contributed by atoms with Crippen LogP contribution in [-0.4, -0.2) is 32.4 Å². The highest BCUT2D eigenvalue weighted by Gasteiger charge is 2.12. The lowest BCUT2D eigenvalue weighted by atomic mass is 10.1. The summed E-state index contributed by atoms with van der Waals surface area (Å²) >= 11 is 1.67. The summed E-state index contributed by atoms with van der Waals surface area (Å²) in [6.07, 6.45) is -0.573. The molecule has 0 bridgehead atoms.